The molecule has 6 nitrogen and oxygen atoms in total. The molecule has 0 aromatic carbocycles. The number of rotatable bonds is 10. The van der Waals surface area contributed by atoms with Gasteiger partial charge >= 0.3 is 0 Å². The van der Waals surface area contributed by atoms with Crippen LogP contribution in [0, 0.1) is 5.92 Å². The second kappa shape index (κ2) is 14.3. The van der Waals surface area contributed by atoms with Gasteiger partial charge in [-0.3, -0.25) is 9.78 Å². The maximum Gasteiger partial charge on any atom is 0.244 e. The molecule has 1 atom stereocenters. The summed E-state index contributed by atoms with van der Waals surface area (Å²) in [6.07, 6.45) is 3.56. The van der Waals surface area contributed by atoms with E-state index in [1.165, 1.54) is 4.88 Å². The van der Waals surface area contributed by atoms with Crippen LogP contribution < -0.4 is 10.6 Å². The molecule has 0 aliphatic heterocycles. The number of aromatic nitrogens is 1. The van der Waals surface area contributed by atoms with E-state index in [-0.39, 0.29) is 36.4 Å². The second-order valence-corrected chi connectivity index (χ2v) is 7.88. The molecule has 0 spiro atoms. The number of carbonyl (C=O) groups excluding carboxylic acids is 1. The minimum atomic E-state index is -0.000215. The Bertz CT molecular complexity index is 724. The third-order valence-corrected chi connectivity index (χ3v) is 5.22. The average molecular weight is 529 g/mol. The van der Waals surface area contributed by atoms with Crippen LogP contribution in [0.2, 0.25) is 0 Å². The van der Waals surface area contributed by atoms with E-state index >= 15 is 0 Å². The van der Waals surface area contributed by atoms with Crippen LogP contribution in [0.25, 0.3) is 0 Å². The van der Waals surface area contributed by atoms with Crippen molar-refractivity contribution in [3.05, 3.63) is 52.5 Å². The summed E-state index contributed by atoms with van der Waals surface area (Å²) in [4.78, 5) is 24.2. The molecule has 0 fully saturated rings. The van der Waals surface area contributed by atoms with E-state index in [9.17, 15) is 4.79 Å². The van der Waals surface area contributed by atoms with Gasteiger partial charge in [0.05, 0.1) is 0 Å². The molecule has 160 valence electrons. The largest absolute Gasteiger partial charge is 0.357 e. The van der Waals surface area contributed by atoms with E-state index in [1.54, 1.807) is 22.4 Å². The number of nitrogens with zero attached hydrogens (tertiary/aromatic N) is 3. The first-order valence-corrected chi connectivity index (χ1v) is 10.6. The summed E-state index contributed by atoms with van der Waals surface area (Å²) in [6.45, 7) is 6.57. The highest BCUT2D eigenvalue weighted by molar-refractivity contribution is 14.0. The molecule has 0 radical (unpaired) electrons. The zero-order valence-corrected chi connectivity index (χ0v) is 20.6. The van der Waals surface area contributed by atoms with Crippen molar-refractivity contribution in [2.75, 3.05) is 33.2 Å². The normalized spacial score (nSPS) is 12.0. The Labute approximate surface area is 195 Å². The summed E-state index contributed by atoms with van der Waals surface area (Å²) in [5, 5.41) is 8.67. The van der Waals surface area contributed by atoms with Gasteiger partial charge in [0.2, 0.25) is 5.91 Å². The number of halogens is 1. The predicted molar refractivity (Wildman–Crippen MR) is 132 cm³/mol. The maximum absolute atomic E-state index is 12.4. The van der Waals surface area contributed by atoms with Crippen LogP contribution in [-0.4, -0.2) is 55.0 Å². The van der Waals surface area contributed by atoms with Crippen LogP contribution in [0.15, 0.2) is 46.9 Å². The van der Waals surface area contributed by atoms with Crippen LogP contribution in [0.1, 0.15) is 24.4 Å². The summed E-state index contributed by atoms with van der Waals surface area (Å²) in [5.74, 6) is 1.17. The SMILES string of the molecule is CCNC(=NCC(=O)N(C)CCc1ccccn1)NCC(C)Cc1cccs1.I. The fourth-order valence-electron chi connectivity index (χ4n) is 2.68. The zero-order chi connectivity index (χ0) is 20.2. The van der Waals surface area contributed by atoms with Crippen molar-refractivity contribution >= 4 is 47.2 Å². The van der Waals surface area contributed by atoms with E-state index in [4.69, 9.17) is 0 Å². The fourth-order valence-corrected chi connectivity index (χ4v) is 3.55. The van der Waals surface area contributed by atoms with Crippen molar-refractivity contribution < 1.29 is 4.79 Å². The summed E-state index contributed by atoms with van der Waals surface area (Å²) in [7, 11) is 1.81. The summed E-state index contributed by atoms with van der Waals surface area (Å²) < 4.78 is 0. The van der Waals surface area contributed by atoms with Crippen LogP contribution in [0.3, 0.4) is 0 Å². The van der Waals surface area contributed by atoms with Gasteiger partial charge in [-0.05, 0) is 42.8 Å². The van der Waals surface area contributed by atoms with Crippen molar-refractivity contribution in [2.24, 2.45) is 10.9 Å². The molecule has 0 saturated heterocycles. The summed E-state index contributed by atoms with van der Waals surface area (Å²) in [5.41, 5.74) is 0.986. The van der Waals surface area contributed by atoms with Crippen LogP contribution in [0.5, 0.6) is 0 Å². The molecule has 0 aliphatic carbocycles. The van der Waals surface area contributed by atoms with E-state index in [1.807, 2.05) is 32.2 Å². The number of aliphatic imine (C=N–C) groups is 1. The number of thiophene rings is 1. The lowest BCUT2D eigenvalue weighted by Crippen LogP contribution is -2.41. The first-order valence-electron chi connectivity index (χ1n) is 9.77. The molecule has 2 heterocycles. The Balaban J connectivity index is 0.00000420. The van der Waals surface area contributed by atoms with Crippen molar-refractivity contribution in [3.63, 3.8) is 0 Å². The van der Waals surface area contributed by atoms with Crippen LogP contribution >= 0.6 is 35.3 Å². The number of amides is 1. The molecule has 2 N–H and O–H groups in total. The third kappa shape index (κ3) is 10.1. The average Bonchev–Trinajstić information content (AvgIpc) is 3.21. The minimum absolute atomic E-state index is 0. The molecule has 8 heteroatoms. The third-order valence-electron chi connectivity index (χ3n) is 4.32. The lowest BCUT2D eigenvalue weighted by Gasteiger charge is -2.18. The molecule has 29 heavy (non-hydrogen) atoms. The monoisotopic (exact) mass is 529 g/mol. The quantitative estimate of drug-likeness (QED) is 0.282. The first kappa shape index (κ1) is 25.4. The van der Waals surface area contributed by atoms with Gasteiger partial charge in [-0.25, -0.2) is 4.99 Å². The molecule has 2 rings (SSSR count). The molecule has 1 unspecified atom stereocenters. The second-order valence-electron chi connectivity index (χ2n) is 6.85. The van der Waals surface area contributed by atoms with Gasteiger partial charge in [-0.15, -0.1) is 35.3 Å². The predicted octanol–water partition coefficient (Wildman–Crippen LogP) is 3.20. The maximum atomic E-state index is 12.4. The number of hydrogen-bond acceptors (Lipinski definition) is 4. The van der Waals surface area contributed by atoms with Gasteiger partial charge in [0, 0.05) is 49.9 Å². The molecule has 0 bridgehead atoms. The number of likely N-dealkylation sites (N-methyl/N-ethyl adjacent to an activating group) is 1. The Hall–Kier alpha value is -1.68. The number of hydrogen-bond donors (Lipinski definition) is 2. The van der Waals surface area contributed by atoms with Crippen LogP contribution in [0.4, 0.5) is 0 Å². The number of nitrogens with one attached hydrogen (secondary N) is 2. The summed E-state index contributed by atoms with van der Waals surface area (Å²) in [6, 6.07) is 10.1. The van der Waals surface area contributed by atoms with Gasteiger partial charge in [-0.1, -0.05) is 19.1 Å². The van der Waals surface area contributed by atoms with Gasteiger partial charge in [-0.2, -0.15) is 0 Å². The summed E-state index contributed by atoms with van der Waals surface area (Å²) >= 11 is 1.79. The van der Waals surface area contributed by atoms with E-state index < -0.39 is 0 Å². The minimum Gasteiger partial charge on any atom is -0.357 e. The molecule has 2 aromatic rings. The smallest absolute Gasteiger partial charge is 0.244 e. The molecule has 2 aromatic heterocycles. The lowest BCUT2D eigenvalue weighted by atomic mass is 10.1. The van der Waals surface area contributed by atoms with Gasteiger partial charge in [0.1, 0.15) is 6.54 Å². The number of guanidine groups is 1. The van der Waals surface area contributed by atoms with Crippen molar-refractivity contribution in [1.29, 1.82) is 0 Å². The van der Waals surface area contributed by atoms with Crippen molar-refractivity contribution in [1.82, 2.24) is 20.5 Å². The van der Waals surface area contributed by atoms with E-state index in [0.29, 0.717) is 18.4 Å². The number of pyridine rings is 1. The highest BCUT2D eigenvalue weighted by Crippen LogP contribution is 2.13. The van der Waals surface area contributed by atoms with Gasteiger partial charge < -0.3 is 15.5 Å². The molecular formula is C21H32IN5OS. The zero-order valence-electron chi connectivity index (χ0n) is 17.4. The fraction of sp³-hybridized carbons (Fsp3) is 0.476. The molecule has 0 aliphatic rings. The van der Waals surface area contributed by atoms with Crippen molar-refractivity contribution in [3.8, 4) is 0 Å². The topological polar surface area (TPSA) is 69.6 Å². The first-order chi connectivity index (χ1) is 13.6. The van der Waals surface area contributed by atoms with Crippen molar-refractivity contribution in [2.45, 2.75) is 26.7 Å². The standard InChI is InChI=1S/C21H31N5OS.HI/c1-4-22-21(24-15-17(2)14-19-9-7-13-28-19)25-16-20(27)26(3)12-10-18-8-5-6-11-23-18;/h5-9,11,13,17H,4,10,12,14-16H2,1-3H3,(H2,22,24,25);1H. The van der Waals surface area contributed by atoms with Gasteiger partial charge in [0.15, 0.2) is 5.96 Å². The highest BCUT2D eigenvalue weighted by Gasteiger charge is 2.10. The Morgan fingerprint density at radius 1 is 1.28 bits per heavy atom. The lowest BCUT2D eigenvalue weighted by molar-refractivity contribution is -0.128. The highest BCUT2D eigenvalue weighted by atomic mass is 127. The Morgan fingerprint density at radius 2 is 2.10 bits per heavy atom. The van der Waals surface area contributed by atoms with E-state index in [0.717, 1.165) is 31.6 Å². The number of carbonyl (C=O) groups is 1. The van der Waals surface area contributed by atoms with E-state index in [2.05, 4.69) is 45.0 Å². The molecule has 0 saturated carbocycles. The Morgan fingerprint density at radius 3 is 2.76 bits per heavy atom. The van der Waals surface area contributed by atoms with Crippen LogP contribution in [-0.2, 0) is 17.6 Å². The van der Waals surface area contributed by atoms with Gasteiger partial charge in [0.25, 0.3) is 0 Å². The Kier molecular flexibility index (Phi) is 12.5. The molecular weight excluding hydrogens is 497 g/mol. The molecule has 1 amide bonds.